The number of aromatic nitrogens is 3. The Bertz CT molecular complexity index is 5200. The molecule has 0 radical (unpaired) electrons. The van der Waals surface area contributed by atoms with Gasteiger partial charge in [0.25, 0.3) is 0 Å². The van der Waals surface area contributed by atoms with Gasteiger partial charge in [-0.25, -0.2) is 15.0 Å². The Labute approximate surface area is 530 Å². The van der Waals surface area contributed by atoms with E-state index in [1.54, 1.807) is 0 Å². The van der Waals surface area contributed by atoms with Crippen LogP contribution >= 0.6 is 0 Å². The van der Waals surface area contributed by atoms with Gasteiger partial charge in [-0.3, -0.25) is 0 Å². The molecule has 0 N–H and O–H groups in total. The Balaban J connectivity index is 0.685. The highest BCUT2D eigenvalue weighted by Gasteiger charge is 2.51. The molecule has 0 fully saturated rings. The molecule has 1 spiro atoms. The fourth-order valence-corrected chi connectivity index (χ4v) is 14.1. The van der Waals surface area contributed by atoms with E-state index < -0.39 is 5.41 Å². The van der Waals surface area contributed by atoms with Gasteiger partial charge in [-0.15, -0.1) is 0 Å². The van der Waals surface area contributed by atoms with Gasteiger partial charge in [0.15, 0.2) is 17.5 Å². The molecule has 0 bridgehead atoms. The fourth-order valence-electron chi connectivity index (χ4n) is 14.1. The molecule has 3 nitrogen and oxygen atoms in total. The normalized spacial score (nSPS) is 12.3. The van der Waals surface area contributed by atoms with E-state index in [2.05, 4.69) is 346 Å². The first-order valence-corrected chi connectivity index (χ1v) is 31.2. The standard InChI is InChI=1S/C88H57N3/c1-3-18-58(19-4-1)66-22-13-24-68(52-66)60-38-44-63(45-39-60)85-89-86(64-46-40-61(41-47-64)69-25-15-28-72(54-69)71-27-14-23-67(53-71)59-20-5-2-6-21-59)91-87(90-85)65-48-42-62(43-49-65)70-26-16-29-73(55-70)74-30-17-31-75(56-74)76-50-51-80-79-34-9-12-37-83(79)88(84(80)57-76)81-35-10-7-32-77(81)78-33-8-11-36-82(78)88/h1-57H. The van der Waals surface area contributed by atoms with E-state index in [0.717, 1.165) is 61.2 Å². The SMILES string of the molecule is c1ccc(-c2cccc(-c3ccc(-c4nc(-c5ccc(-c6cccc(-c7cccc(-c8ccccc8)c7)c6)cc5)nc(-c5ccc(-c6cccc(-c7cccc(-c8ccc9c(c8)C8(c%10ccccc%10-c%10ccccc%108)c8ccccc8-9)c7)c6)cc5)n4)cc3)c2)cc1. The monoisotopic (exact) mass is 1160 g/mol. The Morgan fingerprint density at radius 3 is 0.659 bits per heavy atom. The van der Waals surface area contributed by atoms with Crippen molar-refractivity contribution in [3.8, 4) is 145 Å². The molecule has 0 unspecified atom stereocenters. The van der Waals surface area contributed by atoms with Gasteiger partial charge >= 0.3 is 0 Å². The molecule has 0 saturated heterocycles. The van der Waals surface area contributed by atoms with Crippen LogP contribution in [0.15, 0.2) is 346 Å². The summed E-state index contributed by atoms with van der Waals surface area (Å²) < 4.78 is 0. The van der Waals surface area contributed by atoms with Crippen molar-refractivity contribution in [3.05, 3.63) is 368 Å². The second-order valence-electron chi connectivity index (χ2n) is 23.8. The van der Waals surface area contributed by atoms with Crippen LogP contribution in [0, 0.1) is 0 Å². The van der Waals surface area contributed by atoms with Crippen LogP contribution in [0.5, 0.6) is 0 Å². The highest BCUT2D eigenvalue weighted by molar-refractivity contribution is 5.96. The second kappa shape index (κ2) is 22.4. The van der Waals surface area contributed by atoms with E-state index in [1.807, 2.05) is 0 Å². The molecule has 15 aromatic rings. The molecule has 17 rings (SSSR count). The van der Waals surface area contributed by atoms with E-state index in [0.29, 0.717) is 17.5 Å². The number of rotatable bonds is 11. The van der Waals surface area contributed by atoms with E-state index >= 15 is 0 Å². The molecule has 91 heavy (non-hydrogen) atoms. The summed E-state index contributed by atoms with van der Waals surface area (Å²) >= 11 is 0. The molecule has 3 heteroatoms. The number of benzene rings is 14. The first-order valence-electron chi connectivity index (χ1n) is 31.2. The Morgan fingerprint density at radius 2 is 0.352 bits per heavy atom. The van der Waals surface area contributed by atoms with Crippen LogP contribution in [0.1, 0.15) is 22.3 Å². The highest BCUT2D eigenvalue weighted by atomic mass is 15.0. The zero-order valence-electron chi connectivity index (χ0n) is 49.8. The molecule has 0 saturated carbocycles. The van der Waals surface area contributed by atoms with Gasteiger partial charge in [-0.1, -0.05) is 309 Å². The maximum atomic E-state index is 5.23. The predicted molar refractivity (Wildman–Crippen MR) is 376 cm³/mol. The lowest BCUT2D eigenvalue weighted by Gasteiger charge is -2.30. The van der Waals surface area contributed by atoms with Crippen molar-refractivity contribution in [2.75, 3.05) is 0 Å². The minimum atomic E-state index is -0.395. The lowest BCUT2D eigenvalue weighted by atomic mass is 9.70. The summed E-state index contributed by atoms with van der Waals surface area (Å²) in [7, 11) is 0. The van der Waals surface area contributed by atoms with E-state index in [9.17, 15) is 0 Å². The molecule has 2 aliphatic carbocycles. The summed E-state index contributed by atoms with van der Waals surface area (Å²) in [4.78, 5) is 15.7. The third-order valence-corrected chi connectivity index (χ3v) is 18.6. The predicted octanol–water partition coefficient (Wildman–Crippen LogP) is 22.6. The summed E-state index contributed by atoms with van der Waals surface area (Å²) in [5, 5.41) is 0. The summed E-state index contributed by atoms with van der Waals surface area (Å²) in [6.45, 7) is 0. The van der Waals surface area contributed by atoms with Crippen molar-refractivity contribution in [1.29, 1.82) is 0 Å². The Kier molecular flexibility index (Phi) is 13.1. The third kappa shape index (κ3) is 9.51. The van der Waals surface area contributed by atoms with Gasteiger partial charge in [0.2, 0.25) is 0 Å². The van der Waals surface area contributed by atoms with Crippen molar-refractivity contribution in [3.63, 3.8) is 0 Å². The van der Waals surface area contributed by atoms with Gasteiger partial charge in [0, 0.05) is 16.7 Å². The van der Waals surface area contributed by atoms with Gasteiger partial charge in [-0.05, 0) is 170 Å². The van der Waals surface area contributed by atoms with Gasteiger partial charge in [0.05, 0.1) is 5.41 Å². The smallest absolute Gasteiger partial charge is 0.164 e. The first-order chi connectivity index (χ1) is 45.1. The zero-order valence-corrected chi connectivity index (χ0v) is 49.8. The van der Waals surface area contributed by atoms with Gasteiger partial charge in [-0.2, -0.15) is 0 Å². The van der Waals surface area contributed by atoms with Crippen molar-refractivity contribution in [1.82, 2.24) is 15.0 Å². The molecule has 2 aliphatic rings. The quantitative estimate of drug-likeness (QED) is 0.130. The summed E-state index contributed by atoms with van der Waals surface area (Å²) in [5.41, 5.74) is 31.5. The van der Waals surface area contributed by atoms with Crippen molar-refractivity contribution >= 4 is 0 Å². The minimum absolute atomic E-state index is 0.395. The molecule has 0 amide bonds. The molecule has 1 aromatic heterocycles. The van der Waals surface area contributed by atoms with Gasteiger partial charge in [0.1, 0.15) is 0 Å². The van der Waals surface area contributed by atoms with E-state index in [4.69, 9.17) is 15.0 Å². The molecular weight excluding hydrogens is 1100 g/mol. The van der Waals surface area contributed by atoms with E-state index in [1.165, 1.54) is 89.0 Å². The number of nitrogens with zero attached hydrogens (tertiary/aromatic N) is 3. The molecule has 0 aliphatic heterocycles. The molecule has 0 atom stereocenters. The molecule has 1 heterocycles. The number of fused-ring (bicyclic) bond motifs is 10. The highest BCUT2D eigenvalue weighted by Crippen LogP contribution is 2.63. The molecule has 14 aromatic carbocycles. The van der Waals surface area contributed by atoms with Crippen LogP contribution < -0.4 is 0 Å². The minimum Gasteiger partial charge on any atom is -0.208 e. The van der Waals surface area contributed by atoms with Crippen LogP contribution in [0.4, 0.5) is 0 Å². The topological polar surface area (TPSA) is 38.7 Å². The van der Waals surface area contributed by atoms with Crippen molar-refractivity contribution < 1.29 is 0 Å². The van der Waals surface area contributed by atoms with Crippen LogP contribution in [0.3, 0.4) is 0 Å². The lowest BCUT2D eigenvalue weighted by Crippen LogP contribution is -2.25. The fraction of sp³-hybridized carbons (Fsp3) is 0.0114. The van der Waals surface area contributed by atoms with Crippen LogP contribution in [0.25, 0.3) is 145 Å². The third-order valence-electron chi connectivity index (χ3n) is 18.6. The van der Waals surface area contributed by atoms with E-state index in [-0.39, 0.29) is 0 Å². The Morgan fingerprint density at radius 1 is 0.143 bits per heavy atom. The lowest BCUT2D eigenvalue weighted by molar-refractivity contribution is 0.794. The van der Waals surface area contributed by atoms with Crippen LogP contribution in [0.2, 0.25) is 0 Å². The summed E-state index contributed by atoms with van der Waals surface area (Å²) in [6, 6.07) is 125. The maximum Gasteiger partial charge on any atom is 0.164 e. The number of hydrogen-bond donors (Lipinski definition) is 0. The maximum absolute atomic E-state index is 5.23. The van der Waals surface area contributed by atoms with Crippen molar-refractivity contribution in [2.24, 2.45) is 0 Å². The van der Waals surface area contributed by atoms with Gasteiger partial charge < -0.3 is 0 Å². The zero-order chi connectivity index (χ0) is 60.2. The molecular formula is C88H57N3. The number of hydrogen-bond acceptors (Lipinski definition) is 3. The Hall–Kier alpha value is -11.9. The summed E-state index contributed by atoms with van der Waals surface area (Å²) in [6.07, 6.45) is 0. The first kappa shape index (κ1) is 53.3. The largest absolute Gasteiger partial charge is 0.208 e. The molecule has 424 valence electrons. The summed E-state index contributed by atoms with van der Waals surface area (Å²) in [5.74, 6) is 1.82. The second-order valence-corrected chi connectivity index (χ2v) is 23.8. The average molecular weight is 1160 g/mol. The van der Waals surface area contributed by atoms with Crippen LogP contribution in [-0.2, 0) is 5.41 Å². The van der Waals surface area contributed by atoms with Crippen LogP contribution in [-0.4, -0.2) is 15.0 Å². The van der Waals surface area contributed by atoms with Crippen molar-refractivity contribution in [2.45, 2.75) is 5.41 Å². The average Bonchev–Trinajstić information content (AvgIpc) is 1.51.